The van der Waals surface area contributed by atoms with Crippen LogP contribution in [0.2, 0.25) is 5.02 Å². The number of rotatable bonds is 6. The lowest BCUT2D eigenvalue weighted by Crippen LogP contribution is -2.46. The number of carbonyl (C=O) groups is 1. The topological polar surface area (TPSA) is 91.2 Å². The molecular formula is C23H28ClN5O4. The Morgan fingerprint density at radius 3 is 2.48 bits per heavy atom. The number of hydrogen-bond acceptors (Lipinski definition) is 7. The molecule has 2 saturated heterocycles. The minimum Gasteiger partial charge on any atom is -0.378 e. The molecule has 0 aromatic heterocycles. The van der Waals surface area contributed by atoms with E-state index in [1.54, 1.807) is 24.3 Å². The third kappa shape index (κ3) is 5.21. The number of nitro groups is 1. The molecule has 0 radical (unpaired) electrons. The first-order valence-electron chi connectivity index (χ1n) is 11.2. The molecule has 176 valence electrons. The van der Waals surface area contributed by atoms with Crippen LogP contribution in [0.5, 0.6) is 0 Å². The van der Waals surface area contributed by atoms with Crippen molar-refractivity contribution in [2.24, 2.45) is 0 Å². The number of hydrogen-bond donors (Lipinski definition) is 1. The molecule has 0 aliphatic carbocycles. The summed E-state index contributed by atoms with van der Waals surface area (Å²) in [5, 5.41) is 15.2. The van der Waals surface area contributed by atoms with Gasteiger partial charge in [0.25, 0.3) is 11.6 Å². The van der Waals surface area contributed by atoms with Gasteiger partial charge >= 0.3 is 0 Å². The van der Waals surface area contributed by atoms with Gasteiger partial charge in [0, 0.05) is 50.9 Å². The van der Waals surface area contributed by atoms with Crippen molar-refractivity contribution >= 4 is 40.3 Å². The highest BCUT2D eigenvalue weighted by Gasteiger charge is 2.25. The van der Waals surface area contributed by atoms with Crippen LogP contribution in [0.3, 0.4) is 0 Å². The van der Waals surface area contributed by atoms with E-state index in [0.717, 1.165) is 38.4 Å². The Labute approximate surface area is 198 Å². The van der Waals surface area contributed by atoms with Crippen LogP contribution in [0, 0.1) is 10.1 Å². The van der Waals surface area contributed by atoms with E-state index in [4.69, 9.17) is 16.3 Å². The average molecular weight is 474 g/mol. The van der Waals surface area contributed by atoms with E-state index in [9.17, 15) is 14.9 Å². The fraction of sp³-hybridized carbons (Fsp3) is 0.435. The molecule has 9 nitrogen and oxygen atoms in total. The molecule has 0 unspecified atom stereocenters. The number of amides is 1. The summed E-state index contributed by atoms with van der Waals surface area (Å²) in [6, 6.07) is 10.00. The molecule has 1 amide bonds. The second kappa shape index (κ2) is 10.4. The molecule has 0 bridgehead atoms. The van der Waals surface area contributed by atoms with Crippen molar-refractivity contribution in [3.05, 3.63) is 57.1 Å². The SMILES string of the molecule is CCN1CCN(c2c(Cl)cccc2NC(=O)c2ccc(N3CCOCC3)c([N+](=O)[O-])c2)CC1. The van der Waals surface area contributed by atoms with E-state index in [0.29, 0.717) is 42.7 Å². The first kappa shape index (κ1) is 23.3. The predicted octanol–water partition coefficient (Wildman–Crippen LogP) is 3.48. The van der Waals surface area contributed by atoms with Crippen LogP contribution in [0.4, 0.5) is 22.7 Å². The molecule has 2 aromatic carbocycles. The lowest BCUT2D eigenvalue weighted by molar-refractivity contribution is -0.384. The predicted molar refractivity (Wildman–Crippen MR) is 130 cm³/mol. The van der Waals surface area contributed by atoms with Crippen LogP contribution < -0.4 is 15.1 Å². The summed E-state index contributed by atoms with van der Waals surface area (Å²) in [4.78, 5) is 30.8. The Hall–Kier alpha value is -2.88. The van der Waals surface area contributed by atoms with E-state index in [1.807, 2.05) is 11.0 Å². The first-order chi connectivity index (χ1) is 16.0. The van der Waals surface area contributed by atoms with Crippen molar-refractivity contribution in [1.82, 2.24) is 4.90 Å². The number of ether oxygens (including phenoxy) is 1. The van der Waals surface area contributed by atoms with Gasteiger partial charge in [-0.25, -0.2) is 0 Å². The van der Waals surface area contributed by atoms with Gasteiger partial charge in [0.05, 0.1) is 34.5 Å². The maximum Gasteiger partial charge on any atom is 0.293 e. The molecule has 0 spiro atoms. The third-order valence-corrected chi connectivity index (χ3v) is 6.46. The van der Waals surface area contributed by atoms with Gasteiger partial charge in [-0.05, 0) is 30.8 Å². The smallest absolute Gasteiger partial charge is 0.293 e. The van der Waals surface area contributed by atoms with Crippen LogP contribution in [-0.4, -0.2) is 74.8 Å². The molecule has 1 N–H and O–H groups in total. The van der Waals surface area contributed by atoms with Crippen molar-refractivity contribution in [3.63, 3.8) is 0 Å². The molecular weight excluding hydrogens is 446 g/mol. The highest BCUT2D eigenvalue weighted by Crippen LogP contribution is 2.35. The van der Waals surface area contributed by atoms with Crippen molar-refractivity contribution in [2.75, 3.05) is 74.1 Å². The van der Waals surface area contributed by atoms with Crippen LogP contribution >= 0.6 is 11.6 Å². The van der Waals surface area contributed by atoms with Gasteiger partial charge in [0.15, 0.2) is 0 Å². The molecule has 2 aromatic rings. The summed E-state index contributed by atoms with van der Waals surface area (Å²) in [5.74, 6) is -0.415. The van der Waals surface area contributed by atoms with Gasteiger partial charge in [-0.3, -0.25) is 14.9 Å². The largest absolute Gasteiger partial charge is 0.378 e. The monoisotopic (exact) mass is 473 g/mol. The number of piperazine rings is 1. The lowest BCUT2D eigenvalue weighted by Gasteiger charge is -2.36. The summed E-state index contributed by atoms with van der Waals surface area (Å²) < 4.78 is 5.34. The number of morpholine rings is 1. The number of likely N-dealkylation sites (N-methyl/N-ethyl adjacent to an activating group) is 1. The Morgan fingerprint density at radius 1 is 1.09 bits per heavy atom. The zero-order chi connectivity index (χ0) is 23.4. The lowest BCUT2D eigenvalue weighted by atomic mass is 10.1. The number of benzene rings is 2. The fourth-order valence-electron chi connectivity index (χ4n) is 4.30. The second-order valence-electron chi connectivity index (χ2n) is 8.07. The van der Waals surface area contributed by atoms with E-state index in [-0.39, 0.29) is 11.3 Å². The number of carbonyl (C=O) groups excluding carboxylic acids is 1. The molecule has 0 saturated carbocycles. The van der Waals surface area contributed by atoms with E-state index in [2.05, 4.69) is 22.0 Å². The standard InChI is InChI=1S/C23H28ClN5O4/c1-2-26-8-10-28(11-9-26)22-18(24)4-3-5-19(22)25-23(30)17-6-7-20(21(16-17)29(31)32)27-12-14-33-15-13-27/h3-7,16H,2,8-15H2,1H3,(H,25,30). The van der Waals surface area contributed by atoms with Gasteiger partial charge < -0.3 is 24.8 Å². The second-order valence-corrected chi connectivity index (χ2v) is 8.48. The summed E-state index contributed by atoms with van der Waals surface area (Å²) in [6.07, 6.45) is 0. The molecule has 33 heavy (non-hydrogen) atoms. The number of nitrogens with zero attached hydrogens (tertiary/aromatic N) is 4. The van der Waals surface area contributed by atoms with Crippen LogP contribution in [-0.2, 0) is 4.74 Å². The molecule has 0 atom stereocenters. The van der Waals surface area contributed by atoms with Crippen LogP contribution in [0.25, 0.3) is 0 Å². The molecule has 2 aliphatic rings. The number of anilines is 3. The van der Waals surface area contributed by atoms with E-state index in [1.165, 1.54) is 6.07 Å². The van der Waals surface area contributed by atoms with Crippen molar-refractivity contribution in [3.8, 4) is 0 Å². The zero-order valence-electron chi connectivity index (χ0n) is 18.6. The van der Waals surface area contributed by atoms with Gasteiger partial charge in [0.1, 0.15) is 5.69 Å². The maximum atomic E-state index is 13.1. The summed E-state index contributed by atoms with van der Waals surface area (Å²) in [5.41, 5.74) is 2.00. The Kier molecular flexibility index (Phi) is 7.32. The number of nitro benzene ring substituents is 1. The number of halogens is 1. The summed E-state index contributed by atoms with van der Waals surface area (Å²) in [6.45, 7) is 8.77. The van der Waals surface area contributed by atoms with Crippen molar-refractivity contribution in [2.45, 2.75) is 6.92 Å². The summed E-state index contributed by atoms with van der Waals surface area (Å²) in [7, 11) is 0. The Balaban J connectivity index is 1.57. The van der Waals surface area contributed by atoms with Crippen LogP contribution in [0.15, 0.2) is 36.4 Å². The van der Waals surface area contributed by atoms with Gasteiger partial charge in [-0.2, -0.15) is 0 Å². The summed E-state index contributed by atoms with van der Waals surface area (Å²) >= 11 is 6.52. The van der Waals surface area contributed by atoms with E-state index < -0.39 is 10.8 Å². The molecule has 10 heteroatoms. The average Bonchev–Trinajstić information content (AvgIpc) is 2.84. The molecule has 4 rings (SSSR count). The fourth-order valence-corrected chi connectivity index (χ4v) is 4.60. The maximum absolute atomic E-state index is 13.1. The van der Waals surface area contributed by atoms with Gasteiger partial charge in [0.2, 0.25) is 0 Å². The van der Waals surface area contributed by atoms with Crippen LogP contribution in [0.1, 0.15) is 17.3 Å². The van der Waals surface area contributed by atoms with Gasteiger partial charge in [-0.15, -0.1) is 0 Å². The van der Waals surface area contributed by atoms with Gasteiger partial charge in [-0.1, -0.05) is 24.6 Å². The Bertz CT molecular complexity index is 1020. The highest BCUT2D eigenvalue weighted by atomic mass is 35.5. The normalized spacial score (nSPS) is 17.2. The van der Waals surface area contributed by atoms with E-state index >= 15 is 0 Å². The minimum absolute atomic E-state index is 0.0912. The quantitative estimate of drug-likeness (QED) is 0.507. The highest BCUT2D eigenvalue weighted by molar-refractivity contribution is 6.34. The first-order valence-corrected chi connectivity index (χ1v) is 11.5. The molecule has 2 fully saturated rings. The Morgan fingerprint density at radius 2 is 1.82 bits per heavy atom. The minimum atomic E-state index is -0.445. The third-order valence-electron chi connectivity index (χ3n) is 6.16. The number of para-hydroxylation sites is 1. The molecule has 2 aliphatic heterocycles. The molecule has 2 heterocycles. The zero-order valence-corrected chi connectivity index (χ0v) is 19.4. The van der Waals surface area contributed by atoms with Crippen molar-refractivity contribution < 1.29 is 14.5 Å². The van der Waals surface area contributed by atoms with Crippen molar-refractivity contribution in [1.29, 1.82) is 0 Å². The number of nitrogens with one attached hydrogen (secondary N) is 1.